The van der Waals surface area contributed by atoms with Gasteiger partial charge in [-0.1, -0.05) is 13.8 Å². The summed E-state index contributed by atoms with van der Waals surface area (Å²) in [6.07, 6.45) is 2.04. The zero-order chi connectivity index (χ0) is 28.8. The largest absolute Gasteiger partial charge is 0.481 e. The third-order valence-corrected chi connectivity index (χ3v) is 11.1. The number of cyclic esters (lactones) is 1. The van der Waals surface area contributed by atoms with Gasteiger partial charge in [-0.05, 0) is 69.4 Å². The fourth-order valence-electron chi connectivity index (χ4n) is 9.45. The average Bonchev–Trinajstić information content (AvgIpc) is 2.93. The SMILES string of the molecule is CC1=C/C(=C/[C@H](C)[C@@H]2[C@@H]3C(=O)O[C@]4(CC[C@]23C)[C@H](C(=O)O)[C@@H]2C[C@H]3C(C)(C)O[C@@H]5CC(=O)O[C@@]53[C@@]4(O)O2)OC1=O. The Balaban J connectivity index is 1.27. The van der Waals surface area contributed by atoms with Crippen LogP contribution in [0.1, 0.15) is 60.3 Å². The molecule has 7 rings (SSSR count). The molecule has 0 aromatic heterocycles. The Kier molecular flexibility index (Phi) is 4.93. The molecular weight excluding hydrogens is 524 g/mol. The van der Waals surface area contributed by atoms with Crippen molar-refractivity contribution in [2.45, 2.75) is 95.1 Å². The number of hydrogen-bond donors (Lipinski definition) is 2. The first-order chi connectivity index (χ1) is 18.6. The van der Waals surface area contributed by atoms with Crippen molar-refractivity contribution in [1.29, 1.82) is 0 Å². The molecule has 6 fully saturated rings. The number of carbonyl (C=O) groups is 4. The maximum absolute atomic E-state index is 13.9. The summed E-state index contributed by atoms with van der Waals surface area (Å²) >= 11 is 0. The molecular formula is C29H34O11. The van der Waals surface area contributed by atoms with E-state index in [9.17, 15) is 29.4 Å². The van der Waals surface area contributed by atoms with Gasteiger partial charge in [0, 0.05) is 11.5 Å². The van der Waals surface area contributed by atoms with Gasteiger partial charge in [0.1, 0.15) is 17.8 Å². The predicted octanol–water partition coefficient (Wildman–Crippen LogP) is 2.01. The third kappa shape index (κ3) is 2.86. The number of aliphatic hydroxyl groups is 1. The maximum atomic E-state index is 13.9. The highest BCUT2D eigenvalue weighted by atomic mass is 16.7. The Hall–Kier alpha value is -2.76. The first kappa shape index (κ1) is 26.2. The average molecular weight is 559 g/mol. The smallest absolute Gasteiger partial charge is 0.339 e. The zero-order valence-electron chi connectivity index (χ0n) is 23.1. The molecule has 40 heavy (non-hydrogen) atoms. The lowest BCUT2D eigenvalue weighted by Gasteiger charge is -2.52. The highest BCUT2D eigenvalue weighted by molar-refractivity contribution is 5.92. The van der Waals surface area contributed by atoms with Crippen LogP contribution in [0.15, 0.2) is 23.5 Å². The number of rotatable bonds is 3. The molecule has 2 N–H and O–H groups in total. The highest BCUT2D eigenvalue weighted by Gasteiger charge is 2.90. The van der Waals surface area contributed by atoms with Crippen molar-refractivity contribution >= 4 is 23.9 Å². The van der Waals surface area contributed by atoms with E-state index >= 15 is 0 Å². The van der Waals surface area contributed by atoms with Crippen molar-refractivity contribution in [3.05, 3.63) is 23.5 Å². The predicted molar refractivity (Wildman–Crippen MR) is 132 cm³/mol. The fourth-order valence-corrected chi connectivity index (χ4v) is 9.45. The summed E-state index contributed by atoms with van der Waals surface area (Å²) in [7, 11) is 0. The molecule has 6 aliphatic heterocycles. The van der Waals surface area contributed by atoms with Gasteiger partial charge in [0.2, 0.25) is 5.60 Å². The normalized spacial score (nSPS) is 51.3. The molecule has 6 heterocycles. The van der Waals surface area contributed by atoms with Crippen LogP contribution in [-0.2, 0) is 42.9 Å². The quantitative estimate of drug-likeness (QED) is 0.386. The van der Waals surface area contributed by atoms with Crippen molar-refractivity contribution in [2.75, 3.05) is 0 Å². The van der Waals surface area contributed by atoms with Crippen LogP contribution in [0.5, 0.6) is 0 Å². The lowest BCUT2D eigenvalue weighted by Crippen LogP contribution is -2.74. The Morgan fingerprint density at radius 2 is 1.85 bits per heavy atom. The molecule has 0 unspecified atom stereocenters. The van der Waals surface area contributed by atoms with E-state index in [0.29, 0.717) is 17.8 Å². The van der Waals surface area contributed by atoms with Gasteiger partial charge in [0.05, 0.1) is 24.0 Å². The van der Waals surface area contributed by atoms with Crippen molar-refractivity contribution in [3.8, 4) is 0 Å². The van der Waals surface area contributed by atoms with Crippen LogP contribution >= 0.6 is 0 Å². The van der Waals surface area contributed by atoms with E-state index in [2.05, 4.69) is 0 Å². The molecule has 216 valence electrons. The van der Waals surface area contributed by atoms with Crippen LogP contribution < -0.4 is 0 Å². The summed E-state index contributed by atoms with van der Waals surface area (Å²) in [6.45, 7) is 9.23. The maximum Gasteiger partial charge on any atom is 0.339 e. The van der Waals surface area contributed by atoms with Gasteiger partial charge in [0.15, 0.2) is 5.60 Å². The molecule has 1 saturated carbocycles. The number of carboxylic acids is 1. The molecule has 2 bridgehead atoms. The lowest BCUT2D eigenvalue weighted by molar-refractivity contribution is -0.369. The summed E-state index contributed by atoms with van der Waals surface area (Å²) < 4.78 is 29.8. The first-order valence-corrected chi connectivity index (χ1v) is 14.0. The number of hydrogen-bond acceptors (Lipinski definition) is 10. The van der Waals surface area contributed by atoms with Gasteiger partial charge in [-0.25, -0.2) is 4.79 Å². The minimum Gasteiger partial charge on any atom is -0.481 e. The van der Waals surface area contributed by atoms with E-state index in [1.165, 1.54) is 0 Å². The van der Waals surface area contributed by atoms with E-state index in [1.807, 2.05) is 33.8 Å². The number of allylic oxidation sites excluding steroid dienone is 2. The minimum atomic E-state index is -2.41. The fraction of sp³-hybridized carbons (Fsp3) is 0.724. The van der Waals surface area contributed by atoms with Crippen molar-refractivity contribution < 1.29 is 53.1 Å². The van der Waals surface area contributed by atoms with E-state index in [4.69, 9.17) is 23.7 Å². The molecule has 11 nitrogen and oxygen atoms in total. The molecule has 11 heteroatoms. The van der Waals surface area contributed by atoms with Gasteiger partial charge < -0.3 is 33.9 Å². The second-order valence-electron chi connectivity index (χ2n) is 13.6. The van der Waals surface area contributed by atoms with Crippen LogP contribution in [0.3, 0.4) is 0 Å². The van der Waals surface area contributed by atoms with Gasteiger partial charge >= 0.3 is 23.9 Å². The van der Waals surface area contributed by atoms with Crippen LogP contribution in [0, 0.1) is 35.0 Å². The third-order valence-electron chi connectivity index (χ3n) is 11.1. The molecule has 1 aliphatic carbocycles. The highest BCUT2D eigenvalue weighted by Crippen LogP contribution is 2.73. The van der Waals surface area contributed by atoms with E-state index in [-0.39, 0.29) is 31.1 Å². The Labute approximate surface area is 230 Å². The summed E-state index contributed by atoms with van der Waals surface area (Å²) in [5.41, 5.74) is -4.59. The molecule has 5 saturated heterocycles. The second-order valence-corrected chi connectivity index (χ2v) is 13.6. The standard InChI is InChI=1S/C29H34O11/c1-12(8-14-9-13(2)23(33)36-14)19-21-24(34)40-27(7-6-26(19,21)5)20(22(31)32)15-10-16-25(3,4)38-17-11-18(30)39-28(16,17)29(27,35)37-15/h8-9,12,15-17,19-21,35H,6-7,10-11H2,1-5H3,(H,31,32)/b14-8-/t12-,15-,16-,17+,19+,20-,21+,26+,27+,28+,29-/m0/s1. The van der Waals surface area contributed by atoms with Crippen molar-refractivity contribution in [1.82, 2.24) is 0 Å². The number of esters is 3. The van der Waals surface area contributed by atoms with E-state index in [1.54, 1.807) is 13.0 Å². The monoisotopic (exact) mass is 558 g/mol. The number of carbonyl (C=O) groups excluding carboxylic acids is 3. The summed E-state index contributed by atoms with van der Waals surface area (Å²) in [4.78, 5) is 51.2. The zero-order valence-corrected chi connectivity index (χ0v) is 23.1. The molecule has 0 aromatic rings. The Morgan fingerprint density at radius 1 is 1.12 bits per heavy atom. The van der Waals surface area contributed by atoms with E-state index < -0.39 is 81.8 Å². The van der Waals surface area contributed by atoms with Gasteiger partial charge in [-0.3, -0.25) is 14.4 Å². The molecule has 0 aromatic carbocycles. The second kappa shape index (κ2) is 7.54. The summed E-state index contributed by atoms with van der Waals surface area (Å²) in [5.74, 6) is -7.60. The Bertz CT molecular complexity index is 1330. The molecule has 0 amide bonds. The van der Waals surface area contributed by atoms with Gasteiger partial charge in [0.25, 0.3) is 5.79 Å². The van der Waals surface area contributed by atoms with Crippen LogP contribution in [-0.4, -0.2) is 68.9 Å². The minimum absolute atomic E-state index is 0.00264. The van der Waals surface area contributed by atoms with Crippen LogP contribution in [0.25, 0.3) is 0 Å². The van der Waals surface area contributed by atoms with Gasteiger partial charge in [-0.2, -0.15) is 0 Å². The topological polar surface area (TPSA) is 155 Å². The van der Waals surface area contributed by atoms with Crippen molar-refractivity contribution in [2.24, 2.45) is 35.0 Å². The first-order valence-electron chi connectivity index (χ1n) is 14.0. The van der Waals surface area contributed by atoms with Crippen molar-refractivity contribution in [3.63, 3.8) is 0 Å². The number of fused-ring (bicyclic) bond motifs is 4. The number of ether oxygens (including phenoxy) is 5. The van der Waals surface area contributed by atoms with Crippen LogP contribution in [0.2, 0.25) is 0 Å². The summed E-state index contributed by atoms with van der Waals surface area (Å²) in [5, 5.41) is 23.0. The molecule has 7 aliphatic rings. The lowest BCUT2D eigenvalue weighted by atomic mass is 9.65. The number of carboxylic acid groups (broad SMARTS) is 1. The Morgan fingerprint density at radius 3 is 2.50 bits per heavy atom. The van der Waals surface area contributed by atoms with E-state index in [0.717, 1.165) is 0 Å². The molecule has 0 radical (unpaired) electrons. The molecule has 2 spiro atoms. The molecule has 11 atom stereocenters. The number of aliphatic carboxylic acids is 1. The van der Waals surface area contributed by atoms with Gasteiger partial charge in [-0.15, -0.1) is 0 Å². The summed E-state index contributed by atoms with van der Waals surface area (Å²) in [6, 6.07) is 0. The van der Waals surface area contributed by atoms with Crippen LogP contribution in [0.4, 0.5) is 0 Å².